The summed E-state index contributed by atoms with van der Waals surface area (Å²) in [6.45, 7) is 9.06. The number of hydrogen-bond acceptors (Lipinski definition) is 10. The molecule has 9 nitrogen and oxygen atoms in total. The monoisotopic (exact) mass is 463 g/mol. The molecule has 2 heterocycles. The van der Waals surface area contributed by atoms with Crippen LogP contribution in [0.15, 0.2) is 12.7 Å². The van der Waals surface area contributed by atoms with Gasteiger partial charge in [0.2, 0.25) is 0 Å². The third-order valence-electron chi connectivity index (χ3n) is 3.67. The van der Waals surface area contributed by atoms with Crippen LogP contribution in [-0.4, -0.2) is 57.2 Å². The van der Waals surface area contributed by atoms with Gasteiger partial charge >= 0.3 is 7.60 Å². The molecule has 164 valence electrons. The van der Waals surface area contributed by atoms with Crippen LogP contribution in [0.2, 0.25) is 0 Å². The maximum Gasteiger partial charge on any atom is 0.356 e. The third-order valence-corrected chi connectivity index (χ3v) is 7.01. The van der Waals surface area contributed by atoms with Gasteiger partial charge in [0.15, 0.2) is 11.5 Å². The van der Waals surface area contributed by atoms with Gasteiger partial charge in [-0.3, -0.25) is 4.57 Å². The molecule has 2 aromatic rings. The zero-order valence-corrected chi connectivity index (χ0v) is 20.1. The summed E-state index contributed by atoms with van der Waals surface area (Å²) in [7, 11) is -0.0887. The Kier molecular flexibility index (Phi) is 9.24. The molecule has 1 unspecified atom stereocenters. The molecule has 29 heavy (non-hydrogen) atoms. The lowest BCUT2D eigenvalue weighted by molar-refractivity contribution is 0.0609. The molecule has 0 saturated heterocycles. The Balaban J connectivity index is 1.96. The van der Waals surface area contributed by atoms with E-state index in [1.54, 1.807) is 27.9 Å². The first kappa shape index (κ1) is 24.4. The predicted molar refractivity (Wildman–Crippen MR) is 120 cm³/mol. The number of aromatic nitrogens is 4. The summed E-state index contributed by atoms with van der Waals surface area (Å²) in [5.74, 6) is 1.06. The second-order valence-electron chi connectivity index (χ2n) is 7.70. The van der Waals surface area contributed by atoms with E-state index in [4.69, 9.17) is 19.5 Å². The first-order chi connectivity index (χ1) is 13.6. The number of nitrogen functional groups attached to an aromatic ring is 1. The first-order valence-electron chi connectivity index (χ1n) is 9.20. The lowest BCUT2D eigenvalue weighted by Gasteiger charge is -2.25. The summed E-state index contributed by atoms with van der Waals surface area (Å²) >= 11 is 0. The third kappa shape index (κ3) is 8.07. The van der Waals surface area contributed by atoms with E-state index >= 15 is 0 Å². The maximum absolute atomic E-state index is 13.1. The molecule has 2 aromatic heterocycles. The number of nitrogens with zero attached hydrogens (tertiary/aromatic N) is 4. The van der Waals surface area contributed by atoms with Crippen molar-refractivity contribution in [3.8, 4) is 0 Å². The largest absolute Gasteiger partial charge is 0.382 e. The fraction of sp³-hybridized carbons (Fsp3) is 0.706. The predicted octanol–water partition coefficient (Wildman–Crippen LogP) is 4.05. The van der Waals surface area contributed by atoms with E-state index in [9.17, 15) is 4.57 Å². The number of hydrogen-bond donors (Lipinski definition) is 1. The zero-order chi connectivity index (χ0) is 21.5. The Hall–Kier alpha value is -0.840. The molecule has 0 aliphatic heterocycles. The molecule has 12 heteroatoms. The molecule has 0 spiro atoms. The molecule has 0 saturated carbocycles. The average molecular weight is 464 g/mol. The van der Waals surface area contributed by atoms with Crippen LogP contribution in [0.4, 0.5) is 5.82 Å². The summed E-state index contributed by atoms with van der Waals surface area (Å²) in [4.78, 5) is 12.4. The number of rotatable bonds is 12. The summed E-state index contributed by atoms with van der Waals surface area (Å²) in [6, 6.07) is 0. The van der Waals surface area contributed by atoms with E-state index in [-0.39, 0.29) is 17.9 Å². The van der Waals surface area contributed by atoms with E-state index in [1.807, 2.05) is 38.5 Å². The van der Waals surface area contributed by atoms with E-state index in [1.165, 1.54) is 6.33 Å². The van der Waals surface area contributed by atoms with Gasteiger partial charge in [-0.25, -0.2) is 15.0 Å². The van der Waals surface area contributed by atoms with Crippen LogP contribution in [0.5, 0.6) is 0 Å². The SMILES string of the molecule is CSSCCOP(=O)(CO[C@H](C)Cn1cnc2c(N)ncnc21)OCC(C)(C)C. The molecule has 0 amide bonds. The van der Waals surface area contributed by atoms with E-state index in [2.05, 4.69) is 15.0 Å². The van der Waals surface area contributed by atoms with E-state index in [0.717, 1.165) is 5.75 Å². The highest BCUT2D eigenvalue weighted by molar-refractivity contribution is 8.76. The minimum Gasteiger partial charge on any atom is -0.382 e. The van der Waals surface area contributed by atoms with Crippen molar-refractivity contribution >= 4 is 46.2 Å². The molecule has 0 bridgehead atoms. The minimum absolute atomic E-state index is 0.113. The van der Waals surface area contributed by atoms with E-state index < -0.39 is 7.60 Å². The van der Waals surface area contributed by atoms with Crippen molar-refractivity contribution in [2.75, 3.05) is 37.3 Å². The van der Waals surface area contributed by atoms with Crippen molar-refractivity contribution in [2.24, 2.45) is 5.41 Å². The Labute approximate surface area is 179 Å². The van der Waals surface area contributed by atoms with Crippen LogP contribution >= 0.6 is 29.2 Å². The van der Waals surface area contributed by atoms with Gasteiger partial charge in [-0.05, 0) is 18.6 Å². The van der Waals surface area contributed by atoms with Crippen molar-refractivity contribution in [1.29, 1.82) is 0 Å². The molecular weight excluding hydrogens is 433 g/mol. The summed E-state index contributed by atoms with van der Waals surface area (Å²) in [5.41, 5.74) is 6.87. The van der Waals surface area contributed by atoms with Crippen molar-refractivity contribution < 1.29 is 18.3 Å². The number of ether oxygens (including phenoxy) is 1. The summed E-state index contributed by atoms with van der Waals surface area (Å²) in [6.07, 6.45) is 4.65. The van der Waals surface area contributed by atoms with Gasteiger partial charge in [-0.15, -0.1) is 0 Å². The minimum atomic E-state index is -3.37. The van der Waals surface area contributed by atoms with Crippen LogP contribution in [0, 0.1) is 5.41 Å². The average Bonchev–Trinajstić information content (AvgIpc) is 3.06. The Morgan fingerprint density at radius 3 is 2.72 bits per heavy atom. The topological polar surface area (TPSA) is 114 Å². The van der Waals surface area contributed by atoms with Crippen LogP contribution in [0.1, 0.15) is 27.7 Å². The van der Waals surface area contributed by atoms with Gasteiger partial charge in [0.25, 0.3) is 0 Å². The molecule has 0 aliphatic rings. The van der Waals surface area contributed by atoms with Crippen LogP contribution < -0.4 is 5.73 Å². The highest BCUT2D eigenvalue weighted by Crippen LogP contribution is 2.49. The van der Waals surface area contributed by atoms with Gasteiger partial charge in [-0.2, -0.15) is 0 Å². The van der Waals surface area contributed by atoms with Gasteiger partial charge in [0.1, 0.15) is 18.2 Å². The van der Waals surface area contributed by atoms with Crippen molar-refractivity contribution in [3.63, 3.8) is 0 Å². The second-order valence-corrected chi connectivity index (χ2v) is 12.4. The molecule has 0 fully saturated rings. The number of imidazole rings is 1. The van der Waals surface area contributed by atoms with Gasteiger partial charge in [0.05, 0.1) is 32.2 Å². The maximum atomic E-state index is 13.1. The molecule has 0 aromatic carbocycles. The van der Waals surface area contributed by atoms with Crippen LogP contribution in [-0.2, 0) is 24.9 Å². The summed E-state index contributed by atoms with van der Waals surface area (Å²) in [5, 5.41) is 0. The summed E-state index contributed by atoms with van der Waals surface area (Å²) < 4.78 is 32.1. The second kappa shape index (κ2) is 11.0. The molecule has 2 atom stereocenters. The number of nitrogens with two attached hydrogens (primary N) is 1. The van der Waals surface area contributed by atoms with Gasteiger partial charge < -0.3 is 24.1 Å². The van der Waals surface area contributed by atoms with Crippen LogP contribution in [0.25, 0.3) is 11.2 Å². The molecule has 2 rings (SSSR count). The first-order valence-corrected chi connectivity index (χ1v) is 13.7. The van der Waals surface area contributed by atoms with Gasteiger partial charge in [0, 0.05) is 5.75 Å². The molecule has 2 N–H and O–H groups in total. The standard InChI is InChI=1S/C17H30N5O4PS2/c1-13(8-22-11-21-14-15(18)19-10-20-16(14)22)24-12-27(23,25-6-7-29-28-5)26-9-17(2,3)4/h10-11,13H,6-9,12H2,1-5H3,(H2,18,19,20)/t13-,27?/m1/s1. The van der Waals surface area contributed by atoms with Crippen LogP contribution in [0.3, 0.4) is 0 Å². The molecular formula is C17H30N5O4PS2. The highest BCUT2D eigenvalue weighted by Gasteiger charge is 2.29. The lowest BCUT2D eigenvalue weighted by Crippen LogP contribution is -2.20. The fourth-order valence-electron chi connectivity index (χ4n) is 2.28. The highest BCUT2D eigenvalue weighted by atomic mass is 33.1. The van der Waals surface area contributed by atoms with Crippen molar-refractivity contribution in [1.82, 2.24) is 19.5 Å². The van der Waals surface area contributed by atoms with E-state index in [0.29, 0.717) is 36.7 Å². The number of anilines is 1. The van der Waals surface area contributed by atoms with Crippen molar-refractivity contribution in [2.45, 2.75) is 40.3 Å². The Bertz CT molecular complexity index is 830. The molecule has 0 aliphatic carbocycles. The Morgan fingerprint density at radius 2 is 2.03 bits per heavy atom. The number of fused-ring (bicyclic) bond motifs is 1. The fourth-order valence-corrected chi connectivity index (χ4v) is 5.04. The zero-order valence-electron chi connectivity index (χ0n) is 17.5. The lowest BCUT2D eigenvalue weighted by atomic mass is 9.99. The van der Waals surface area contributed by atoms with Gasteiger partial charge in [-0.1, -0.05) is 42.4 Å². The van der Waals surface area contributed by atoms with Crippen molar-refractivity contribution in [3.05, 3.63) is 12.7 Å². The Morgan fingerprint density at radius 1 is 1.28 bits per heavy atom. The smallest absolute Gasteiger partial charge is 0.356 e. The quantitative estimate of drug-likeness (QED) is 0.281. The molecule has 0 radical (unpaired) electrons. The normalized spacial score (nSPS) is 15.5.